The molecule has 1 fully saturated rings. The van der Waals surface area contributed by atoms with E-state index in [1.54, 1.807) is 0 Å². The summed E-state index contributed by atoms with van der Waals surface area (Å²) < 4.78 is 0. The fraction of sp³-hybridized carbons (Fsp3) is 1.00. The smallest absolute Gasteiger partial charge is 0.00670 e. The van der Waals surface area contributed by atoms with Gasteiger partial charge in [-0.15, -0.1) is 12.4 Å². The van der Waals surface area contributed by atoms with E-state index in [2.05, 4.69) is 13.8 Å². The van der Waals surface area contributed by atoms with Crippen molar-refractivity contribution in [3.05, 3.63) is 0 Å². The van der Waals surface area contributed by atoms with E-state index < -0.39 is 0 Å². The van der Waals surface area contributed by atoms with E-state index in [0.717, 1.165) is 11.8 Å². The third-order valence-electron chi connectivity index (χ3n) is 2.77. The quantitative estimate of drug-likeness (QED) is 0.582. The summed E-state index contributed by atoms with van der Waals surface area (Å²) in [4.78, 5) is 0. The Morgan fingerprint density at radius 3 is 2.20 bits per heavy atom. The minimum Gasteiger partial charge on any atom is -0.327 e. The van der Waals surface area contributed by atoms with Crippen LogP contribution in [0, 0.1) is 11.8 Å². The van der Waals surface area contributed by atoms with Gasteiger partial charge in [0.1, 0.15) is 0 Å². The molecule has 1 saturated carbocycles. The number of hydrogen-bond acceptors (Lipinski definition) is 1. The molecule has 1 aliphatic carbocycles. The molecule has 1 rings (SSSR count). The molecular weight excluding hydrogens is 146 g/mol. The molecule has 1 nitrogen and oxygen atoms in total. The van der Waals surface area contributed by atoms with Gasteiger partial charge in [0, 0.05) is 6.04 Å². The highest BCUT2D eigenvalue weighted by Gasteiger charge is 2.23. The summed E-state index contributed by atoms with van der Waals surface area (Å²) in [6, 6.07) is 0.480. The van der Waals surface area contributed by atoms with Gasteiger partial charge < -0.3 is 5.73 Å². The van der Waals surface area contributed by atoms with Gasteiger partial charge in [0.15, 0.2) is 0 Å². The van der Waals surface area contributed by atoms with E-state index in [4.69, 9.17) is 5.73 Å². The Morgan fingerprint density at radius 2 is 1.80 bits per heavy atom. The molecule has 0 bridgehead atoms. The van der Waals surface area contributed by atoms with E-state index in [1.165, 1.54) is 19.3 Å². The second kappa shape index (κ2) is 4.20. The van der Waals surface area contributed by atoms with Gasteiger partial charge >= 0.3 is 0 Å². The van der Waals surface area contributed by atoms with Crippen LogP contribution in [-0.4, -0.2) is 6.04 Å². The summed E-state index contributed by atoms with van der Waals surface area (Å²) in [6.07, 6.45) is 3.97. The lowest BCUT2D eigenvalue weighted by Gasteiger charge is -2.31. The van der Waals surface area contributed by atoms with Crippen LogP contribution in [0.25, 0.3) is 0 Å². The second-order valence-corrected chi connectivity index (χ2v) is 3.43. The van der Waals surface area contributed by atoms with Crippen molar-refractivity contribution in [3.8, 4) is 0 Å². The molecule has 0 unspecified atom stereocenters. The number of nitrogens with two attached hydrogens (primary N) is 1. The normalized spacial score (nSPS) is 40.5. The zero-order valence-electron chi connectivity index (χ0n) is 6.84. The molecule has 0 aliphatic heterocycles. The van der Waals surface area contributed by atoms with Crippen molar-refractivity contribution in [1.29, 1.82) is 0 Å². The molecule has 0 spiro atoms. The van der Waals surface area contributed by atoms with Gasteiger partial charge in [0.25, 0.3) is 0 Å². The SMILES string of the molecule is C[C@@H]1[C@H](N)CCC[C@@H]1C.Cl. The summed E-state index contributed by atoms with van der Waals surface area (Å²) in [5, 5.41) is 0. The molecule has 0 heterocycles. The van der Waals surface area contributed by atoms with Crippen molar-refractivity contribution in [1.82, 2.24) is 0 Å². The fourth-order valence-electron chi connectivity index (χ4n) is 1.62. The van der Waals surface area contributed by atoms with Crippen LogP contribution in [-0.2, 0) is 0 Å². The highest BCUT2D eigenvalue weighted by atomic mass is 35.5. The predicted octanol–water partition coefficient (Wildman–Crippen LogP) is 2.19. The van der Waals surface area contributed by atoms with Crippen LogP contribution in [0.2, 0.25) is 0 Å². The van der Waals surface area contributed by atoms with Crippen molar-refractivity contribution in [3.63, 3.8) is 0 Å². The van der Waals surface area contributed by atoms with Crippen molar-refractivity contribution in [2.45, 2.75) is 39.2 Å². The predicted molar refractivity (Wildman–Crippen MR) is 47.4 cm³/mol. The molecule has 1 aliphatic rings. The van der Waals surface area contributed by atoms with Crippen molar-refractivity contribution >= 4 is 12.4 Å². The molecule has 62 valence electrons. The van der Waals surface area contributed by atoms with Gasteiger partial charge in [-0.05, 0) is 18.3 Å². The molecule has 0 amide bonds. The van der Waals surface area contributed by atoms with Crippen molar-refractivity contribution < 1.29 is 0 Å². The fourth-order valence-corrected chi connectivity index (χ4v) is 1.62. The number of halogens is 1. The maximum Gasteiger partial charge on any atom is 0.00670 e. The van der Waals surface area contributed by atoms with Crippen LogP contribution in [0.5, 0.6) is 0 Å². The standard InChI is InChI=1S/C8H17N.ClH/c1-6-4-3-5-8(9)7(6)2;/h6-8H,3-5,9H2,1-2H3;1H/t6-,7-,8+;/m0./s1. The molecule has 2 N–H and O–H groups in total. The zero-order valence-corrected chi connectivity index (χ0v) is 7.66. The molecule has 0 radical (unpaired) electrons. The Bertz CT molecular complexity index is 85.3. The topological polar surface area (TPSA) is 26.0 Å². The van der Waals surface area contributed by atoms with Crippen molar-refractivity contribution in [2.24, 2.45) is 17.6 Å². The average Bonchev–Trinajstić information content (AvgIpc) is 1.83. The first-order valence-electron chi connectivity index (χ1n) is 3.97. The number of hydrogen-bond donors (Lipinski definition) is 1. The van der Waals surface area contributed by atoms with Gasteiger partial charge in [-0.2, -0.15) is 0 Å². The van der Waals surface area contributed by atoms with Gasteiger partial charge in [-0.3, -0.25) is 0 Å². The highest BCUT2D eigenvalue weighted by molar-refractivity contribution is 5.85. The maximum atomic E-state index is 5.87. The molecule has 0 aromatic heterocycles. The molecule has 0 aromatic carbocycles. The first-order valence-corrected chi connectivity index (χ1v) is 3.97. The van der Waals surface area contributed by atoms with E-state index in [-0.39, 0.29) is 12.4 Å². The first kappa shape index (κ1) is 10.2. The van der Waals surface area contributed by atoms with Crippen molar-refractivity contribution in [2.75, 3.05) is 0 Å². The van der Waals surface area contributed by atoms with Crippen LogP contribution >= 0.6 is 12.4 Å². The Morgan fingerprint density at radius 1 is 1.20 bits per heavy atom. The lowest BCUT2D eigenvalue weighted by molar-refractivity contribution is 0.240. The molecule has 10 heavy (non-hydrogen) atoms. The summed E-state index contributed by atoms with van der Waals surface area (Å²) in [7, 11) is 0. The first-order chi connectivity index (χ1) is 4.22. The Balaban J connectivity index is 0.000000810. The van der Waals surface area contributed by atoms with Crippen LogP contribution in [0.15, 0.2) is 0 Å². The summed E-state index contributed by atoms with van der Waals surface area (Å²) in [5.74, 6) is 1.60. The number of rotatable bonds is 0. The minimum absolute atomic E-state index is 0. The maximum absolute atomic E-state index is 5.87. The Kier molecular flexibility index (Phi) is 4.30. The third-order valence-corrected chi connectivity index (χ3v) is 2.77. The molecule has 0 saturated heterocycles. The molecule has 2 heteroatoms. The monoisotopic (exact) mass is 163 g/mol. The van der Waals surface area contributed by atoms with Crippen LogP contribution in [0.1, 0.15) is 33.1 Å². The lowest BCUT2D eigenvalue weighted by Crippen LogP contribution is -2.35. The summed E-state index contributed by atoms with van der Waals surface area (Å²) >= 11 is 0. The van der Waals surface area contributed by atoms with E-state index in [0.29, 0.717) is 6.04 Å². The minimum atomic E-state index is 0. The van der Waals surface area contributed by atoms with Crippen LogP contribution in [0.4, 0.5) is 0 Å². The zero-order chi connectivity index (χ0) is 6.85. The van der Waals surface area contributed by atoms with Crippen LogP contribution < -0.4 is 5.73 Å². The lowest BCUT2D eigenvalue weighted by atomic mass is 9.78. The molecular formula is C8H18ClN. The van der Waals surface area contributed by atoms with Crippen LogP contribution in [0.3, 0.4) is 0 Å². The molecule has 3 atom stereocenters. The highest BCUT2D eigenvalue weighted by Crippen LogP contribution is 2.27. The summed E-state index contributed by atoms with van der Waals surface area (Å²) in [5.41, 5.74) is 5.87. The second-order valence-electron chi connectivity index (χ2n) is 3.43. The van der Waals surface area contributed by atoms with Gasteiger partial charge in [-0.1, -0.05) is 26.7 Å². The Hall–Kier alpha value is 0.250. The van der Waals surface area contributed by atoms with E-state index in [9.17, 15) is 0 Å². The van der Waals surface area contributed by atoms with E-state index in [1.807, 2.05) is 0 Å². The average molecular weight is 164 g/mol. The third kappa shape index (κ3) is 2.14. The largest absolute Gasteiger partial charge is 0.327 e. The van der Waals surface area contributed by atoms with E-state index >= 15 is 0 Å². The summed E-state index contributed by atoms with van der Waals surface area (Å²) in [6.45, 7) is 4.58. The van der Waals surface area contributed by atoms with Gasteiger partial charge in [0.05, 0.1) is 0 Å². The Labute approximate surface area is 69.8 Å². The van der Waals surface area contributed by atoms with Gasteiger partial charge in [-0.25, -0.2) is 0 Å². The van der Waals surface area contributed by atoms with Gasteiger partial charge in [0.2, 0.25) is 0 Å². The molecule has 0 aromatic rings.